The highest BCUT2D eigenvalue weighted by molar-refractivity contribution is 5.93. The predicted octanol–water partition coefficient (Wildman–Crippen LogP) is 1.34. The molecule has 23 heavy (non-hydrogen) atoms. The Morgan fingerprint density at radius 1 is 1.26 bits per heavy atom. The van der Waals surface area contributed by atoms with Crippen molar-refractivity contribution in [3.63, 3.8) is 0 Å². The number of H-pyrrole nitrogens is 1. The van der Waals surface area contributed by atoms with Gasteiger partial charge >= 0.3 is 6.09 Å². The van der Waals surface area contributed by atoms with E-state index in [0.717, 1.165) is 17.0 Å². The lowest BCUT2D eigenvalue weighted by atomic mass is 10.1. The molecule has 2 rings (SSSR count). The first kappa shape index (κ1) is 16.3. The van der Waals surface area contributed by atoms with E-state index in [2.05, 4.69) is 21.0 Å². The van der Waals surface area contributed by atoms with Gasteiger partial charge < -0.3 is 9.47 Å². The van der Waals surface area contributed by atoms with Gasteiger partial charge in [0, 0.05) is 12.1 Å². The summed E-state index contributed by atoms with van der Waals surface area (Å²) in [5, 5.41) is 6.41. The molecule has 0 spiro atoms. The van der Waals surface area contributed by atoms with E-state index in [-0.39, 0.29) is 12.3 Å². The molecule has 122 valence electrons. The number of hydrogen-bond acceptors (Lipinski definition) is 5. The molecule has 3 N–H and O–H groups in total. The van der Waals surface area contributed by atoms with Gasteiger partial charge in [-0.15, -0.1) is 0 Å². The van der Waals surface area contributed by atoms with Crippen molar-refractivity contribution >= 4 is 12.0 Å². The normalized spacial score (nSPS) is 10.0. The molecular formula is C15H18N4O4. The number of para-hydroxylation sites is 1. The Morgan fingerprint density at radius 3 is 2.74 bits per heavy atom. The van der Waals surface area contributed by atoms with Crippen LogP contribution in [-0.2, 0) is 11.2 Å². The third kappa shape index (κ3) is 4.73. The smallest absolute Gasteiger partial charge is 0.426 e. The Kier molecular flexibility index (Phi) is 5.56. The van der Waals surface area contributed by atoms with Gasteiger partial charge in [-0.2, -0.15) is 5.10 Å². The van der Waals surface area contributed by atoms with E-state index in [0.29, 0.717) is 6.42 Å². The van der Waals surface area contributed by atoms with Crippen molar-refractivity contribution in [2.24, 2.45) is 0 Å². The van der Waals surface area contributed by atoms with Crippen molar-refractivity contribution in [2.45, 2.75) is 13.3 Å². The minimum Gasteiger partial charge on any atom is -0.496 e. The Hall–Kier alpha value is -3.03. The Morgan fingerprint density at radius 2 is 2.04 bits per heavy atom. The topological polar surface area (TPSA) is 105 Å². The van der Waals surface area contributed by atoms with E-state index < -0.39 is 12.0 Å². The average molecular weight is 318 g/mol. The van der Waals surface area contributed by atoms with Crippen LogP contribution in [0.2, 0.25) is 0 Å². The lowest BCUT2D eigenvalue weighted by Crippen LogP contribution is -2.42. The van der Waals surface area contributed by atoms with Gasteiger partial charge in [0.15, 0.2) is 5.69 Å². The summed E-state index contributed by atoms with van der Waals surface area (Å²) >= 11 is 0. The highest BCUT2D eigenvalue weighted by Crippen LogP contribution is 2.17. The Labute approximate surface area is 133 Å². The maximum absolute atomic E-state index is 11.7. The lowest BCUT2D eigenvalue weighted by molar-refractivity contribution is 0.0905. The molecule has 8 heteroatoms. The van der Waals surface area contributed by atoms with Crippen molar-refractivity contribution in [2.75, 3.05) is 13.7 Å². The van der Waals surface area contributed by atoms with Crippen molar-refractivity contribution in [1.82, 2.24) is 21.0 Å². The summed E-state index contributed by atoms with van der Waals surface area (Å²) in [6.07, 6.45) is -0.246. The molecule has 0 aliphatic rings. The Bertz CT molecular complexity index is 684. The summed E-state index contributed by atoms with van der Waals surface area (Å²) < 4.78 is 10.2. The van der Waals surface area contributed by atoms with Crippen molar-refractivity contribution < 1.29 is 19.1 Å². The van der Waals surface area contributed by atoms with Gasteiger partial charge in [0.25, 0.3) is 5.91 Å². The molecule has 2 aromatic rings. The largest absolute Gasteiger partial charge is 0.496 e. The van der Waals surface area contributed by atoms with Crippen LogP contribution in [0.25, 0.3) is 0 Å². The highest BCUT2D eigenvalue weighted by atomic mass is 16.6. The van der Waals surface area contributed by atoms with Crippen LogP contribution in [-0.4, -0.2) is 35.9 Å². The number of carbonyl (C=O) groups is 2. The molecule has 0 aliphatic heterocycles. The molecule has 1 aromatic heterocycles. The number of benzene rings is 1. The molecule has 0 aliphatic carbocycles. The molecule has 0 saturated heterocycles. The van der Waals surface area contributed by atoms with Crippen LogP contribution in [0.4, 0.5) is 4.79 Å². The van der Waals surface area contributed by atoms with Gasteiger partial charge in [0.1, 0.15) is 5.75 Å². The summed E-state index contributed by atoms with van der Waals surface area (Å²) in [6.45, 7) is 1.92. The highest BCUT2D eigenvalue weighted by Gasteiger charge is 2.11. The van der Waals surface area contributed by atoms with Crippen LogP contribution in [0.15, 0.2) is 30.3 Å². The molecular weight excluding hydrogens is 300 g/mol. The molecule has 2 amide bonds. The predicted molar refractivity (Wildman–Crippen MR) is 82.0 cm³/mol. The van der Waals surface area contributed by atoms with Crippen LogP contribution in [0.3, 0.4) is 0 Å². The fraction of sp³-hybridized carbons (Fsp3) is 0.267. The third-order valence-corrected chi connectivity index (χ3v) is 3.01. The number of nitrogens with one attached hydrogen (secondary N) is 3. The number of aromatic nitrogens is 2. The monoisotopic (exact) mass is 318 g/mol. The summed E-state index contributed by atoms with van der Waals surface area (Å²) in [6, 6.07) is 9.03. The van der Waals surface area contributed by atoms with Crippen LogP contribution < -0.4 is 15.6 Å². The van der Waals surface area contributed by atoms with E-state index in [9.17, 15) is 9.59 Å². The number of methoxy groups -OCH3 is 1. The summed E-state index contributed by atoms with van der Waals surface area (Å²) in [5.74, 6) is 0.203. The average Bonchev–Trinajstić information content (AvgIpc) is 2.99. The fourth-order valence-electron chi connectivity index (χ4n) is 1.91. The quantitative estimate of drug-likeness (QED) is 0.722. The van der Waals surface area contributed by atoms with Gasteiger partial charge in [-0.1, -0.05) is 18.2 Å². The minimum atomic E-state index is -0.750. The van der Waals surface area contributed by atoms with Gasteiger partial charge in [-0.25, -0.2) is 10.2 Å². The summed E-state index contributed by atoms with van der Waals surface area (Å²) in [7, 11) is 1.58. The molecule has 0 fully saturated rings. The second kappa shape index (κ2) is 7.83. The zero-order valence-corrected chi connectivity index (χ0v) is 12.9. The number of hydrogen-bond donors (Lipinski definition) is 3. The van der Waals surface area contributed by atoms with Gasteiger partial charge in [0.05, 0.1) is 13.7 Å². The van der Waals surface area contributed by atoms with Crippen LogP contribution >= 0.6 is 0 Å². The van der Waals surface area contributed by atoms with Crippen molar-refractivity contribution in [3.05, 3.63) is 47.3 Å². The number of ether oxygens (including phenoxy) is 2. The standard InChI is InChI=1S/C15H18N4O4/c1-10-9-12(17-16-10)14(20)18-19-15(21)23-8-7-11-5-3-4-6-13(11)22-2/h3-6,9H,7-8H2,1-2H3,(H,16,17)(H,18,20)(H,19,21). The number of rotatable bonds is 5. The molecule has 0 saturated carbocycles. The molecule has 0 unspecified atom stereocenters. The minimum absolute atomic E-state index is 0.156. The molecule has 0 radical (unpaired) electrons. The first-order chi connectivity index (χ1) is 11.1. The molecule has 0 bridgehead atoms. The van der Waals surface area contributed by atoms with Gasteiger partial charge in [-0.05, 0) is 24.6 Å². The number of aryl methyl sites for hydroxylation is 1. The first-order valence-corrected chi connectivity index (χ1v) is 6.97. The number of aromatic amines is 1. The summed E-state index contributed by atoms with van der Waals surface area (Å²) in [4.78, 5) is 23.2. The van der Waals surface area contributed by atoms with Gasteiger partial charge in [-0.3, -0.25) is 15.3 Å². The number of nitrogens with zero attached hydrogens (tertiary/aromatic N) is 1. The second-order valence-corrected chi connectivity index (χ2v) is 4.71. The second-order valence-electron chi connectivity index (χ2n) is 4.71. The van der Waals surface area contributed by atoms with Gasteiger partial charge in [0.2, 0.25) is 0 Å². The summed E-state index contributed by atoms with van der Waals surface area (Å²) in [5.41, 5.74) is 6.22. The number of carbonyl (C=O) groups excluding carboxylic acids is 2. The molecule has 1 aromatic carbocycles. The van der Waals surface area contributed by atoms with E-state index in [1.54, 1.807) is 20.1 Å². The maximum atomic E-state index is 11.7. The van der Waals surface area contributed by atoms with Crippen LogP contribution in [0, 0.1) is 6.92 Å². The molecule has 0 atom stereocenters. The van der Waals surface area contributed by atoms with E-state index in [4.69, 9.17) is 9.47 Å². The van der Waals surface area contributed by atoms with Crippen LogP contribution in [0.1, 0.15) is 21.7 Å². The van der Waals surface area contributed by atoms with Crippen molar-refractivity contribution in [3.8, 4) is 5.75 Å². The van der Waals surface area contributed by atoms with E-state index in [1.165, 1.54) is 0 Å². The zero-order valence-electron chi connectivity index (χ0n) is 12.9. The number of amides is 2. The zero-order chi connectivity index (χ0) is 16.7. The Balaban J connectivity index is 1.72. The lowest BCUT2D eigenvalue weighted by Gasteiger charge is -2.09. The first-order valence-electron chi connectivity index (χ1n) is 6.97. The maximum Gasteiger partial charge on any atom is 0.426 e. The molecule has 1 heterocycles. The van der Waals surface area contributed by atoms with E-state index in [1.807, 2.05) is 24.3 Å². The SMILES string of the molecule is COc1ccccc1CCOC(=O)NNC(=O)c1cc(C)[nH]n1. The van der Waals surface area contributed by atoms with Crippen LogP contribution in [0.5, 0.6) is 5.75 Å². The van der Waals surface area contributed by atoms with Crippen molar-refractivity contribution in [1.29, 1.82) is 0 Å². The number of hydrazine groups is 1. The van der Waals surface area contributed by atoms with E-state index >= 15 is 0 Å². The fourth-order valence-corrected chi connectivity index (χ4v) is 1.91. The molecule has 8 nitrogen and oxygen atoms in total. The third-order valence-electron chi connectivity index (χ3n) is 3.01.